The van der Waals surface area contributed by atoms with Gasteiger partial charge in [-0.15, -0.1) is 0 Å². The minimum Gasteiger partial charge on any atom is -0.380 e. The molecule has 0 bridgehead atoms. The Kier molecular flexibility index (Phi) is 6.31. The highest BCUT2D eigenvalue weighted by molar-refractivity contribution is 7.91. The molecule has 0 fully saturated rings. The molecule has 0 saturated heterocycles. The molecule has 5 heteroatoms. The van der Waals surface area contributed by atoms with Crippen molar-refractivity contribution in [3.8, 4) is 0 Å². The van der Waals surface area contributed by atoms with Gasteiger partial charge in [0.1, 0.15) is 0 Å². The largest absolute Gasteiger partial charge is 0.380 e. The van der Waals surface area contributed by atoms with Crippen molar-refractivity contribution in [3.05, 3.63) is 0 Å². The maximum Gasteiger partial charge on any atom is 0.151 e. The molecule has 0 aliphatic carbocycles. The summed E-state index contributed by atoms with van der Waals surface area (Å²) < 4.78 is 27.9. The first kappa shape index (κ1) is 13.9. The fraction of sp³-hybridized carbons (Fsp3) is 1.00. The van der Waals surface area contributed by atoms with Crippen molar-refractivity contribution in [2.45, 2.75) is 32.1 Å². The van der Waals surface area contributed by atoms with E-state index < -0.39 is 15.1 Å². The zero-order chi connectivity index (χ0) is 11.2. The third kappa shape index (κ3) is 4.93. The van der Waals surface area contributed by atoms with Crippen LogP contribution in [0.25, 0.3) is 0 Å². The lowest BCUT2D eigenvalue weighted by Gasteiger charge is -2.23. The smallest absolute Gasteiger partial charge is 0.151 e. The van der Waals surface area contributed by atoms with E-state index in [2.05, 4.69) is 5.32 Å². The molecule has 0 aliphatic rings. The number of rotatable bonds is 7. The summed E-state index contributed by atoms with van der Waals surface area (Å²) >= 11 is 0. The molecule has 0 spiro atoms. The van der Waals surface area contributed by atoms with Crippen LogP contribution in [0.15, 0.2) is 0 Å². The molecule has 14 heavy (non-hydrogen) atoms. The van der Waals surface area contributed by atoms with Gasteiger partial charge < -0.3 is 10.1 Å². The average molecular weight is 223 g/mol. The fourth-order valence-electron chi connectivity index (χ4n) is 1.17. The Hall–Kier alpha value is -0.130. The number of ether oxygens (including phenoxy) is 1. The molecule has 0 aromatic rings. The molecule has 2 atom stereocenters. The van der Waals surface area contributed by atoms with Gasteiger partial charge in [-0.25, -0.2) is 8.42 Å². The third-order valence-corrected chi connectivity index (χ3v) is 3.89. The first-order valence-corrected chi connectivity index (χ1v) is 6.88. The second kappa shape index (κ2) is 6.37. The summed E-state index contributed by atoms with van der Waals surface area (Å²) in [5.74, 6) is 0. The number of likely N-dealkylation sites (N-methyl/N-ethyl adjacent to an activating group) is 1. The standard InChI is InChI=1S/C9H21NO3S/c1-5-10-9(7-13-6-2)8(3)14(4,11)12/h8-10H,5-7H2,1-4H3. The molecule has 0 saturated carbocycles. The number of hydrogen-bond acceptors (Lipinski definition) is 4. The van der Waals surface area contributed by atoms with Crippen molar-refractivity contribution >= 4 is 9.84 Å². The summed E-state index contributed by atoms with van der Waals surface area (Å²) in [4.78, 5) is 0. The minimum absolute atomic E-state index is 0.116. The molecule has 0 aromatic carbocycles. The van der Waals surface area contributed by atoms with Gasteiger partial charge >= 0.3 is 0 Å². The number of hydrogen-bond donors (Lipinski definition) is 1. The third-order valence-electron chi connectivity index (χ3n) is 2.21. The minimum atomic E-state index is -3.00. The lowest BCUT2D eigenvalue weighted by molar-refractivity contribution is 0.123. The topological polar surface area (TPSA) is 55.4 Å². The van der Waals surface area contributed by atoms with Gasteiger partial charge in [0.25, 0.3) is 0 Å². The van der Waals surface area contributed by atoms with Crippen molar-refractivity contribution in [1.82, 2.24) is 5.32 Å². The quantitative estimate of drug-likeness (QED) is 0.680. The van der Waals surface area contributed by atoms with E-state index >= 15 is 0 Å². The van der Waals surface area contributed by atoms with Crippen LogP contribution < -0.4 is 5.32 Å². The normalized spacial score (nSPS) is 16.6. The Morgan fingerprint density at radius 1 is 1.36 bits per heavy atom. The van der Waals surface area contributed by atoms with E-state index in [0.29, 0.717) is 13.2 Å². The van der Waals surface area contributed by atoms with Crippen molar-refractivity contribution in [2.75, 3.05) is 26.0 Å². The van der Waals surface area contributed by atoms with E-state index in [4.69, 9.17) is 4.74 Å². The first-order chi connectivity index (χ1) is 6.43. The van der Waals surface area contributed by atoms with E-state index in [1.807, 2.05) is 13.8 Å². The highest BCUT2D eigenvalue weighted by Gasteiger charge is 2.24. The molecule has 0 rings (SSSR count). The first-order valence-electron chi connectivity index (χ1n) is 4.93. The molecule has 1 N–H and O–H groups in total. The number of sulfone groups is 1. The molecular formula is C9H21NO3S. The molecule has 0 amide bonds. The van der Waals surface area contributed by atoms with E-state index in [-0.39, 0.29) is 6.04 Å². The van der Waals surface area contributed by atoms with E-state index in [1.165, 1.54) is 6.26 Å². The van der Waals surface area contributed by atoms with Crippen molar-refractivity contribution in [3.63, 3.8) is 0 Å². The zero-order valence-corrected chi connectivity index (χ0v) is 10.2. The van der Waals surface area contributed by atoms with Crippen LogP contribution in [0.1, 0.15) is 20.8 Å². The summed E-state index contributed by atoms with van der Waals surface area (Å²) in [6.07, 6.45) is 1.26. The number of nitrogens with one attached hydrogen (secondary N) is 1. The predicted molar refractivity (Wildman–Crippen MR) is 58.3 cm³/mol. The lowest BCUT2D eigenvalue weighted by atomic mass is 10.2. The lowest BCUT2D eigenvalue weighted by Crippen LogP contribution is -2.45. The molecule has 4 nitrogen and oxygen atoms in total. The fourth-order valence-corrected chi connectivity index (χ4v) is 1.94. The summed E-state index contributed by atoms with van der Waals surface area (Å²) in [5.41, 5.74) is 0. The highest BCUT2D eigenvalue weighted by atomic mass is 32.2. The monoisotopic (exact) mass is 223 g/mol. The Morgan fingerprint density at radius 2 is 1.93 bits per heavy atom. The van der Waals surface area contributed by atoms with Crippen LogP contribution in [-0.2, 0) is 14.6 Å². The predicted octanol–water partition coefficient (Wildman–Crippen LogP) is 0.434. The van der Waals surface area contributed by atoms with Gasteiger partial charge in [-0.3, -0.25) is 0 Å². The van der Waals surface area contributed by atoms with Crippen molar-refractivity contribution in [2.24, 2.45) is 0 Å². The van der Waals surface area contributed by atoms with Crippen LogP contribution in [-0.4, -0.2) is 45.7 Å². The maximum atomic E-state index is 11.3. The molecular weight excluding hydrogens is 202 g/mol. The Balaban J connectivity index is 4.32. The zero-order valence-electron chi connectivity index (χ0n) is 9.41. The van der Waals surface area contributed by atoms with Crippen molar-refractivity contribution in [1.29, 1.82) is 0 Å². The molecule has 0 heterocycles. The van der Waals surface area contributed by atoms with Gasteiger partial charge in [0, 0.05) is 18.9 Å². The van der Waals surface area contributed by atoms with E-state index in [0.717, 1.165) is 6.54 Å². The van der Waals surface area contributed by atoms with E-state index in [1.54, 1.807) is 6.92 Å². The molecule has 0 aromatic heterocycles. The van der Waals surface area contributed by atoms with Crippen LogP contribution in [0.2, 0.25) is 0 Å². The van der Waals surface area contributed by atoms with E-state index in [9.17, 15) is 8.42 Å². The van der Waals surface area contributed by atoms with Gasteiger partial charge in [-0.1, -0.05) is 6.92 Å². The molecule has 86 valence electrons. The van der Waals surface area contributed by atoms with Gasteiger partial charge in [-0.05, 0) is 20.4 Å². The summed E-state index contributed by atoms with van der Waals surface area (Å²) in [7, 11) is -3.00. The Labute approximate surface area is 86.9 Å². The summed E-state index contributed by atoms with van der Waals surface area (Å²) in [6, 6.07) is -0.116. The second-order valence-corrected chi connectivity index (χ2v) is 5.76. The molecule has 0 aliphatic heterocycles. The second-order valence-electron chi connectivity index (χ2n) is 3.36. The van der Waals surface area contributed by atoms with Gasteiger partial charge in [0.15, 0.2) is 9.84 Å². The van der Waals surface area contributed by atoms with Gasteiger partial charge in [-0.2, -0.15) is 0 Å². The summed E-state index contributed by atoms with van der Waals surface area (Å²) in [6.45, 7) is 7.36. The highest BCUT2D eigenvalue weighted by Crippen LogP contribution is 2.05. The van der Waals surface area contributed by atoms with Crippen LogP contribution in [0.5, 0.6) is 0 Å². The van der Waals surface area contributed by atoms with Gasteiger partial charge in [0.2, 0.25) is 0 Å². The van der Waals surface area contributed by atoms with Crippen LogP contribution in [0.3, 0.4) is 0 Å². The van der Waals surface area contributed by atoms with Gasteiger partial charge in [0.05, 0.1) is 11.9 Å². The SMILES string of the molecule is CCNC(COCC)C(C)S(C)(=O)=O. The molecule has 0 radical (unpaired) electrons. The molecule has 2 unspecified atom stereocenters. The maximum absolute atomic E-state index is 11.3. The van der Waals surface area contributed by atoms with Crippen LogP contribution in [0.4, 0.5) is 0 Å². The van der Waals surface area contributed by atoms with Crippen LogP contribution >= 0.6 is 0 Å². The van der Waals surface area contributed by atoms with Crippen molar-refractivity contribution < 1.29 is 13.2 Å². The Morgan fingerprint density at radius 3 is 2.29 bits per heavy atom. The summed E-state index contributed by atoms with van der Waals surface area (Å²) in [5, 5.41) is 2.71. The van der Waals surface area contributed by atoms with Crippen LogP contribution in [0, 0.1) is 0 Å². The average Bonchev–Trinajstić information content (AvgIpc) is 2.09. The Bertz CT molecular complexity index is 238.